The largest absolute Gasteiger partial charge is 0.280 e. The Kier molecular flexibility index (Phi) is 4.29. The second-order valence-corrected chi connectivity index (χ2v) is 6.82. The molecule has 0 saturated carbocycles. The molecule has 3 nitrogen and oxygen atoms in total. The minimum atomic E-state index is -4.14. The Morgan fingerprint density at radius 1 is 1.53 bits per heavy atom. The van der Waals surface area contributed by atoms with E-state index in [0.29, 0.717) is 3.57 Å². The molecule has 0 radical (unpaired) electrons. The average Bonchev–Trinajstić information content (AvgIpc) is 2.06. The molecule has 0 amide bonds. The Labute approximate surface area is 111 Å². The predicted octanol–water partition coefficient (Wildman–Crippen LogP) is 3.31. The molecule has 0 bridgehead atoms. The van der Waals surface area contributed by atoms with Crippen molar-refractivity contribution < 1.29 is 17.2 Å². The first kappa shape index (κ1) is 13.5. The quantitative estimate of drug-likeness (QED) is 0.532. The first-order valence-corrected chi connectivity index (χ1v) is 7.50. The van der Waals surface area contributed by atoms with Crippen LogP contribution in [0.3, 0.4) is 0 Å². The van der Waals surface area contributed by atoms with E-state index in [1.807, 2.05) is 0 Å². The lowest BCUT2D eigenvalue weighted by Crippen LogP contribution is -2.02. The highest BCUT2D eigenvalue weighted by molar-refractivity contribution is 14.1. The van der Waals surface area contributed by atoms with E-state index in [1.165, 1.54) is 0 Å². The fraction of sp³-hybridized carbons (Fsp3) is 0.167. The van der Waals surface area contributed by atoms with E-state index >= 15 is 0 Å². The smallest absolute Gasteiger partial charge is 0.233 e. The molecule has 0 aliphatic rings. The van der Waals surface area contributed by atoms with Crippen LogP contribution in [0, 0.1) is 3.57 Å². The van der Waals surface area contributed by atoms with Crippen LogP contribution in [0.5, 0.6) is 0 Å². The van der Waals surface area contributed by atoms with Crippen LogP contribution in [0.1, 0.15) is 12.1 Å². The summed E-state index contributed by atoms with van der Waals surface area (Å²) in [6.07, 6.45) is -2.84. The van der Waals surface area contributed by atoms with Crippen LogP contribution in [0.15, 0.2) is 15.6 Å². The van der Waals surface area contributed by atoms with Crippen LogP contribution in [-0.2, 0) is 9.05 Å². The van der Waals surface area contributed by atoms with Crippen LogP contribution >= 0.6 is 49.2 Å². The highest BCUT2D eigenvalue weighted by atomic mass is 127. The van der Waals surface area contributed by atoms with E-state index in [9.17, 15) is 17.2 Å². The number of hydrogen-bond donors (Lipinski definition) is 0. The van der Waals surface area contributed by atoms with E-state index in [1.54, 1.807) is 22.6 Å². The Hall–Kier alpha value is 0.460. The third-order valence-electron chi connectivity index (χ3n) is 1.36. The molecule has 1 aromatic heterocycles. The molecule has 1 rings (SSSR count). The number of pyridine rings is 1. The van der Waals surface area contributed by atoms with Gasteiger partial charge in [0.05, 0.1) is 4.47 Å². The highest BCUT2D eigenvalue weighted by Gasteiger charge is 2.22. The van der Waals surface area contributed by atoms with Gasteiger partial charge in [-0.3, -0.25) is 0 Å². The molecule has 0 aliphatic heterocycles. The third kappa shape index (κ3) is 3.21. The maximum atomic E-state index is 12.3. The zero-order valence-corrected chi connectivity index (χ0v) is 12.0. The SMILES string of the molecule is O=S(=O)(Cl)c1nc(C(F)F)cc(I)c1Br. The monoisotopic (exact) mass is 431 g/mol. The van der Waals surface area contributed by atoms with Gasteiger partial charge in [0, 0.05) is 14.3 Å². The molecule has 1 aromatic rings. The molecular weight excluding hydrogens is 430 g/mol. The summed E-state index contributed by atoms with van der Waals surface area (Å²) in [5, 5.41) is -0.591. The van der Waals surface area contributed by atoms with Crippen molar-refractivity contribution in [1.29, 1.82) is 0 Å². The second-order valence-electron chi connectivity index (χ2n) is 2.39. The topological polar surface area (TPSA) is 47.0 Å². The molecule has 0 spiro atoms. The van der Waals surface area contributed by atoms with Crippen molar-refractivity contribution in [2.75, 3.05) is 0 Å². The zero-order valence-electron chi connectivity index (χ0n) is 6.72. The van der Waals surface area contributed by atoms with Crippen LogP contribution in [-0.4, -0.2) is 13.4 Å². The number of alkyl halides is 2. The standard InChI is InChI=1S/C6H2BrClF2INO2S/c7-4-2(11)1-3(5(9)10)12-6(4)15(8,13)14/h1,5H. The van der Waals surface area contributed by atoms with Gasteiger partial charge in [-0.2, -0.15) is 0 Å². The lowest BCUT2D eigenvalue weighted by molar-refractivity contribution is 0.145. The maximum absolute atomic E-state index is 12.3. The van der Waals surface area contributed by atoms with Gasteiger partial charge in [-0.15, -0.1) is 0 Å². The van der Waals surface area contributed by atoms with E-state index in [-0.39, 0.29) is 4.47 Å². The molecular formula is C6H2BrClF2INO2S. The fourth-order valence-corrected chi connectivity index (χ4v) is 3.52. The Balaban J connectivity index is 3.52. The summed E-state index contributed by atoms with van der Waals surface area (Å²) < 4.78 is 47.1. The molecule has 0 saturated heterocycles. The summed E-state index contributed by atoms with van der Waals surface area (Å²) in [7, 11) is 0.908. The van der Waals surface area contributed by atoms with Crippen molar-refractivity contribution >= 4 is 58.3 Å². The normalized spacial score (nSPS) is 12.1. The lowest BCUT2D eigenvalue weighted by atomic mass is 10.4. The van der Waals surface area contributed by atoms with E-state index in [2.05, 4.69) is 20.9 Å². The summed E-state index contributed by atoms with van der Waals surface area (Å²) >= 11 is 4.63. The van der Waals surface area contributed by atoms with E-state index in [0.717, 1.165) is 6.07 Å². The molecule has 1 heterocycles. The van der Waals surface area contributed by atoms with Gasteiger partial charge in [0.25, 0.3) is 15.5 Å². The fourth-order valence-electron chi connectivity index (χ4n) is 0.767. The Morgan fingerprint density at radius 3 is 2.47 bits per heavy atom. The van der Waals surface area contributed by atoms with Crippen molar-refractivity contribution in [3.05, 3.63) is 19.8 Å². The Morgan fingerprint density at radius 2 is 2.07 bits per heavy atom. The van der Waals surface area contributed by atoms with Crippen molar-refractivity contribution in [3.63, 3.8) is 0 Å². The molecule has 15 heavy (non-hydrogen) atoms. The minimum absolute atomic E-state index is 0.0856. The van der Waals surface area contributed by atoms with Gasteiger partial charge in [0.2, 0.25) is 0 Å². The van der Waals surface area contributed by atoms with Gasteiger partial charge in [-0.25, -0.2) is 22.2 Å². The molecule has 0 unspecified atom stereocenters. The molecule has 0 aromatic carbocycles. The predicted molar refractivity (Wildman–Crippen MR) is 62.6 cm³/mol. The second kappa shape index (κ2) is 4.76. The van der Waals surface area contributed by atoms with Crippen LogP contribution < -0.4 is 0 Å². The summed E-state index contributed by atoms with van der Waals surface area (Å²) in [5.41, 5.74) is -0.623. The van der Waals surface area contributed by atoms with Crippen LogP contribution in [0.2, 0.25) is 0 Å². The third-order valence-corrected chi connectivity index (χ3v) is 5.21. The van der Waals surface area contributed by atoms with Crippen LogP contribution in [0.25, 0.3) is 0 Å². The van der Waals surface area contributed by atoms with E-state index in [4.69, 9.17) is 10.7 Å². The summed E-state index contributed by atoms with van der Waals surface area (Å²) in [6.45, 7) is 0. The van der Waals surface area contributed by atoms with Gasteiger partial charge < -0.3 is 0 Å². The number of hydrogen-bond acceptors (Lipinski definition) is 3. The lowest BCUT2D eigenvalue weighted by Gasteiger charge is -2.05. The number of nitrogens with zero attached hydrogens (tertiary/aromatic N) is 1. The van der Waals surface area contributed by atoms with E-state index < -0.39 is 26.2 Å². The molecule has 0 fully saturated rings. The van der Waals surface area contributed by atoms with Gasteiger partial charge >= 0.3 is 0 Å². The molecule has 84 valence electrons. The maximum Gasteiger partial charge on any atom is 0.280 e. The zero-order chi connectivity index (χ0) is 11.8. The summed E-state index contributed by atoms with van der Waals surface area (Å²) in [6, 6.07) is 1.08. The first-order chi connectivity index (χ1) is 6.73. The van der Waals surface area contributed by atoms with Gasteiger partial charge in [0.1, 0.15) is 5.69 Å². The first-order valence-electron chi connectivity index (χ1n) is 3.32. The van der Waals surface area contributed by atoms with Crippen molar-refractivity contribution in [2.24, 2.45) is 0 Å². The van der Waals surface area contributed by atoms with Crippen LogP contribution in [0.4, 0.5) is 8.78 Å². The summed E-state index contributed by atoms with van der Waals surface area (Å²) in [4.78, 5) is 3.28. The highest BCUT2D eigenvalue weighted by Crippen LogP contribution is 2.31. The minimum Gasteiger partial charge on any atom is -0.233 e. The van der Waals surface area contributed by atoms with Gasteiger partial charge in [-0.05, 0) is 44.6 Å². The Bertz CT molecular complexity index is 496. The van der Waals surface area contributed by atoms with Crippen molar-refractivity contribution in [3.8, 4) is 0 Å². The molecule has 0 N–H and O–H groups in total. The van der Waals surface area contributed by atoms with Crippen molar-refractivity contribution in [1.82, 2.24) is 4.98 Å². The number of halogens is 5. The van der Waals surface area contributed by atoms with Gasteiger partial charge in [-0.1, -0.05) is 0 Å². The molecule has 9 heteroatoms. The van der Waals surface area contributed by atoms with Gasteiger partial charge in [0.15, 0.2) is 5.03 Å². The van der Waals surface area contributed by atoms with Crippen molar-refractivity contribution in [2.45, 2.75) is 11.5 Å². The average molecular weight is 432 g/mol. The number of aromatic nitrogens is 1. The molecule has 0 aliphatic carbocycles. The number of rotatable bonds is 2. The summed E-state index contributed by atoms with van der Waals surface area (Å²) in [5.74, 6) is 0. The molecule has 0 atom stereocenters.